The number of hydrogen-bond acceptors (Lipinski definition) is 15. The number of amides is 4. The summed E-state index contributed by atoms with van der Waals surface area (Å²) < 4.78 is 43.3. The highest BCUT2D eigenvalue weighted by Gasteiger charge is 2.35. The van der Waals surface area contributed by atoms with E-state index in [1.807, 2.05) is 184 Å². The molecule has 7 aromatic heterocycles. The van der Waals surface area contributed by atoms with E-state index in [0.29, 0.717) is 94.1 Å². The molecule has 0 saturated heterocycles. The van der Waals surface area contributed by atoms with Gasteiger partial charge in [-0.15, -0.1) is 0 Å². The molecule has 0 saturated carbocycles. The second kappa shape index (κ2) is 43.2. The maximum absolute atomic E-state index is 14.2. The number of carbonyl (C=O) groups excluding carboxylic acids is 5. The Kier molecular flexibility index (Phi) is 31.9. The van der Waals surface area contributed by atoms with E-state index in [1.54, 1.807) is 37.1 Å². The number of Topliss-reactive ketones (excluding diaryl/α,β-unsaturated/α-hetero) is 1. The molecule has 24 nitrogen and oxygen atoms in total. The van der Waals surface area contributed by atoms with Gasteiger partial charge >= 0.3 is 5.97 Å². The van der Waals surface area contributed by atoms with Crippen LogP contribution in [0.2, 0.25) is 15.1 Å². The molecular weight excluding hydrogens is 1770 g/mol. The van der Waals surface area contributed by atoms with Gasteiger partial charge in [0.05, 0.1) is 62.1 Å². The predicted molar refractivity (Wildman–Crippen MR) is 531 cm³/mol. The van der Waals surface area contributed by atoms with Crippen LogP contribution >= 0.6 is 34.8 Å². The number of ether oxygens (including phenoxy) is 3. The number of ketones is 1. The third-order valence-corrected chi connectivity index (χ3v) is 27.7. The van der Waals surface area contributed by atoms with Gasteiger partial charge in [-0.2, -0.15) is 15.3 Å². The minimum absolute atomic E-state index is 0.0186. The number of carboxylic acids is 1. The van der Waals surface area contributed by atoms with Gasteiger partial charge in [0, 0.05) is 132 Å². The molecule has 135 heavy (non-hydrogen) atoms. The third kappa shape index (κ3) is 22.1. The van der Waals surface area contributed by atoms with Crippen LogP contribution in [0.4, 0.5) is 0 Å². The van der Waals surface area contributed by atoms with Crippen molar-refractivity contribution in [2.24, 2.45) is 34.1 Å². The molecule has 27 heteroatoms. The summed E-state index contributed by atoms with van der Waals surface area (Å²) in [7, 11) is 9.56. The molecule has 2 atom stereocenters. The Morgan fingerprint density at radius 2 is 0.874 bits per heavy atom. The number of carboxylic acid groups (broad SMARTS) is 1. The molecule has 0 fully saturated rings. The number of furan rings is 3. The quantitative estimate of drug-likeness (QED) is 0.0215. The molecule has 0 bridgehead atoms. The Hall–Kier alpha value is -12.9. The monoisotopic (exact) mass is 1890 g/mol. The Labute approximate surface area is 804 Å². The first-order valence-corrected chi connectivity index (χ1v) is 47.1. The topological polar surface area (TPSA) is 287 Å². The van der Waals surface area contributed by atoms with E-state index < -0.39 is 17.9 Å². The highest BCUT2D eigenvalue weighted by molar-refractivity contribution is 6.33. The number of aryl methyl sites for hydroxylation is 15. The zero-order valence-electron chi connectivity index (χ0n) is 81.2. The summed E-state index contributed by atoms with van der Waals surface area (Å²) in [5.74, 6) is 2.69. The van der Waals surface area contributed by atoms with Crippen LogP contribution in [0.1, 0.15) is 216 Å². The number of aromatic nitrogens is 7. The Balaban J connectivity index is 0.000000172. The maximum Gasteiger partial charge on any atom is 0.326 e. The molecule has 2 aliphatic rings. The van der Waals surface area contributed by atoms with Gasteiger partial charge in [-0.1, -0.05) is 117 Å². The molecule has 13 aromatic rings. The van der Waals surface area contributed by atoms with E-state index in [-0.39, 0.29) is 54.0 Å². The number of hydrogen-bond donors (Lipinski definition) is 4. The molecule has 2 aliphatic carbocycles. The van der Waals surface area contributed by atoms with E-state index in [1.165, 1.54) is 18.6 Å². The number of benzene rings is 6. The van der Waals surface area contributed by atoms with Crippen molar-refractivity contribution in [3.8, 4) is 50.6 Å². The summed E-state index contributed by atoms with van der Waals surface area (Å²) >= 11 is 19.0. The normalized spacial score (nSPS) is 12.6. The Bertz CT molecular complexity index is 6700. The molecule has 15 rings (SSSR count). The van der Waals surface area contributed by atoms with Crippen molar-refractivity contribution in [3.63, 3.8) is 0 Å². The van der Waals surface area contributed by atoms with Crippen molar-refractivity contribution in [2.75, 3.05) is 26.9 Å². The molecule has 0 aliphatic heterocycles. The second-order valence-electron chi connectivity index (χ2n) is 35.5. The van der Waals surface area contributed by atoms with Crippen molar-refractivity contribution in [1.29, 1.82) is 0 Å². The first kappa shape index (κ1) is 99.6. The lowest BCUT2D eigenvalue weighted by molar-refractivity contribution is -0.140. The van der Waals surface area contributed by atoms with Gasteiger partial charge in [-0.05, 0) is 284 Å². The fraction of sp³-hybridized carbons (Fsp3) is 0.361. The third-order valence-electron chi connectivity index (χ3n) is 25.9. The Morgan fingerprint density at radius 1 is 0.489 bits per heavy atom. The van der Waals surface area contributed by atoms with E-state index in [2.05, 4.69) is 94.5 Å². The molecule has 4 N–H and O–H groups in total. The van der Waals surface area contributed by atoms with Crippen LogP contribution in [0.25, 0.3) is 55.4 Å². The van der Waals surface area contributed by atoms with Crippen LogP contribution in [0, 0.1) is 89.0 Å². The fourth-order valence-corrected chi connectivity index (χ4v) is 18.8. The van der Waals surface area contributed by atoms with E-state index in [9.17, 15) is 33.9 Å². The second-order valence-corrected chi connectivity index (χ2v) is 36.6. The lowest BCUT2D eigenvalue weighted by Gasteiger charge is -2.19. The zero-order valence-corrected chi connectivity index (χ0v) is 83.4. The summed E-state index contributed by atoms with van der Waals surface area (Å²) in [6.07, 6.45) is 6.62. The number of nitrogens with one attached hydrogen (secondary N) is 3. The van der Waals surface area contributed by atoms with Crippen molar-refractivity contribution in [1.82, 2.24) is 54.8 Å². The summed E-state index contributed by atoms with van der Waals surface area (Å²) in [5, 5.41) is 35.4. The van der Waals surface area contributed by atoms with Crippen molar-refractivity contribution in [3.05, 3.63) is 289 Å². The zero-order chi connectivity index (χ0) is 97.4. The van der Waals surface area contributed by atoms with Gasteiger partial charge < -0.3 is 58.0 Å². The highest BCUT2D eigenvalue weighted by Crippen LogP contribution is 2.46. The Morgan fingerprint density at radius 3 is 1.28 bits per heavy atom. The smallest absolute Gasteiger partial charge is 0.326 e. The standard InChI is InChI=1S/C39H45ClN4O6.C35H39ClN4O4.C34H38ClN3O3/c1-8-21(2)36(39(47)48)42-38(46)33-15-14-26(50-33)20-41-37(45)32-19-31-28(11-9-12-30(31)34-24(5)43-44(7)25(34)6)29(32)13-10-16-49-27-17-22(3)35(40)23(4)18-27;1-20-17-26(18-21(2)32(20)36)43-16-10-13-28-27-11-9-12-29(31-22(3)37-40(8)23(31)4)33(27)39(7)34(28)35(42)38(6)19-25-14-15-30(44-25)24(5)41;1-7-24-13-14-25(41-24)19-36-34(39)31-18-30-27(10-8-11-29(30)32-22(4)37-38(6)23(32)5)28(31)12-9-15-40-26-16-20(2)33(35)21(3)17-26/h9,11-12,14-15,17-18,21,36H,8,10,13,16,19-20H2,1-7H3,(H,41,45)(H,42,46)(H,47,48);9,11-12,14-15,17-18H,10,13,16,19H2,1-8H3;8,10-11,13-14,16-17H,7,9,12,15,18-19H2,1-6H3,(H,36,39)/t21-,36-;;/m0../s1. The first-order valence-electron chi connectivity index (χ1n) is 46.0. The molecular formula is C108H122Cl3N11O13. The highest BCUT2D eigenvalue weighted by atomic mass is 35.5. The van der Waals surface area contributed by atoms with Crippen molar-refractivity contribution >= 4 is 92.2 Å². The minimum Gasteiger partial charge on any atom is -0.494 e. The summed E-state index contributed by atoms with van der Waals surface area (Å²) in [6.45, 7) is 33.4. The maximum atomic E-state index is 14.2. The fourth-order valence-electron chi connectivity index (χ4n) is 18.5. The lowest BCUT2D eigenvalue weighted by atomic mass is 9.93. The van der Waals surface area contributed by atoms with Gasteiger partial charge in [0.2, 0.25) is 11.8 Å². The molecule has 0 radical (unpaired) electrons. The van der Waals surface area contributed by atoms with E-state index in [0.717, 1.165) is 214 Å². The van der Waals surface area contributed by atoms with Crippen LogP contribution in [0.5, 0.6) is 17.2 Å². The average Bonchev–Trinajstić information content (AvgIpc) is 1.59. The van der Waals surface area contributed by atoms with Crippen molar-refractivity contribution in [2.45, 2.75) is 201 Å². The molecule has 4 amide bonds. The van der Waals surface area contributed by atoms with E-state index >= 15 is 0 Å². The molecule has 0 unspecified atom stereocenters. The number of para-hydroxylation sites is 1. The number of allylic oxidation sites excluding steroid dienone is 2. The minimum atomic E-state index is -1.10. The van der Waals surface area contributed by atoms with Gasteiger partial charge in [-0.3, -0.25) is 38.0 Å². The number of rotatable bonds is 34. The molecule has 6 aromatic carbocycles. The summed E-state index contributed by atoms with van der Waals surface area (Å²) in [4.78, 5) is 79.6. The van der Waals surface area contributed by atoms with Crippen LogP contribution in [0.3, 0.4) is 0 Å². The molecule has 0 spiro atoms. The van der Waals surface area contributed by atoms with Crippen molar-refractivity contribution < 1.29 is 61.3 Å². The summed E-state index contributed by atoms with van der Waals surface area (Å²) in [6, 6.07) is 39.9. The number of carbonyl (C=O) groups is 6. The van der Waals surface area contributed by atoms with Gasteiger partial charge in [0.15, 0.2) is 17.3 Å². The molecule has 7 heterocycles. The van der Waals surface area contributed by atoms with Gasteiger partial charge in [-0.25, -0.2) is 4.79 Å². The van der Waals surface area contributed by atoms with Gasteiger partial charge in [0.1, 0.15) is 52.0 Å². The van der Waals surface area contributed by atoms with E-state index in [4.69, 9.17) is 62.3 Å². The SMILES string of the molecule is CC(=O)c1ccc(CN(C)C(=O)c2c(CCCOc3cc(C)c(Cl)c(C)c3)c3cccc(-c4c(C)nn(C)c4C)c3n2C)o1.CC[C@H](C)[C@H](NC(=O)c1ccc(CNC(=O)C2=C(CCCOc3cc(C)c(Cl)c(C)c3)c3cccc(-c4c(C)nn(C)c4C)c3C2)o1)C(=O)O.CCc1ccc(CNC(=O)C2=C(CCCOc3cc(C)c(Cl)c(C)c3)c3cccc(-c4c(C)nn(C)c4C)c3C2)o1. The largest absolute Gasteiger partial charge is 0.494 e. The van der Waals surface area contributed by atoms with Crippen LogP contribution in [0.15, 0.2) is 152 Å². The van der Waals surface area contributed by atoms with Gasteiger partial charge in [0.25, 0.3) is 11.8 Å². The summed E-state index contributed by atoms with van der Waals surface area (Å²) in [5.41, 5.74) is 29.1. The predicted octanol–water partition coefficient (Wildman–Crippen LogP) is 22.4. The number of fused-ring (bicyclic) bond motifs is 3. The number of halogens is 3. The lowest BCUT2D eigenvalue weighted by Crippen LogP contribution is -2.44. The number of nitrogens with zero attached hydrogens (tertiary/aromatic N) is 8. The molecule has 708 valence electrons. The van der Waals surface area contributed by atoms with Crippen LogP contribution in [-0.2, 0) is 87.9 Å². The average molecular weight is 1890 g/mol. The van der Waals surface area contributed by atoms with Crippen LogP contribution < -0.4 is 30.2 Å². The van der Waals surface area contributed by atoms with Crippen LogP contribution in [-0.4, -0.2) is 112 Å². The first-order chi connectivity index (χ1) is 64.4. The number of aliphatic carboxylic acids is 1.